The summed E-state index contributed by atoms with van der Waals surface area (Å²) >= 11 is 3.54. The summed E-state index contributed by atoms with van der Waals surface area (Å²) in [5.41, 5.74) is 4.35. The van der Waals surface area contributed by atoms with Crippen LogP contribution in [0.4, 0.5) is 0 Å². The highest BCUT2D eigenvalue weighted by Gasteiger charge is 2.12. The molecule has 1 amide bonds. The molecule has 5 nitrogen and oxygen atoms in total. The maximum Gasteiger partial charge on any atom is 0.244 e. The maximum atomic E-state index is 12.2. The van der Waals surface area contributed by atoms with Gasteiger partial charge in [-0.1, -0.05) is 46.3 Å². The van der Waals surface area contributed by atoms with Crippen LogP contribution < -0.4 is 14.9 Å². The van der Waals surface area contributed by atoms with Crippen LogP contribution in [0.1, 0.15) is 11.1 Å². The Morgan fingerprint density at radius 2 is 1.88 bits per heavy atom. The van der Waals surface area contributed by atoms with Gasteiger partial charge in [0.2, 0.25) is 12.7 Å². The summed E-state index contributed by atoms with van der Waals surface area (Å²) in [7, 11) is 0. The molecule has 0 fully saturated rings. The lowest BCUT2D eigenvalue weighted by molar-refractivity contribution is -0.120. The molecule has 0 saturated carbocycles. The normalized spacial score (nSPS) is 12.7. The third-order valence-electron chi connectivity index (χ3n) is 4.11. The van der Waals surface area contributed by atoms with E-state index in [1.807, 2.05) is 54.6 Å². The number of ether oxygens (including phenoxy) is 2. The van der Waals surface area contributed by atoms with E-state index in [9.17, 15) is 4.79 Å². The maximum absolute atomic E-state index is 12.2. The van der Waals surface area contributed by atoms with Gasteiger partial charge in [-0.15, -0.1) is 0 Å². The summed E-state index contributed by atoms with van der Waals surface area (Å²) in [4.78, 5) is 12.2. The number of rotatable bonds is 4. The number of nitrogens with one attached hydrogen (secondary N) is 1. The topological polar surface area (TPSA) is 59.9 Å². The van der Waals surface area contributed by atoms with Gasteiger partial charge in [-0.3, -0.25) is 4.79 Å². The van der Waals surface area contributed by atoms with E-state index >= 15 is 0 Å². The first kappa shape index (κ1) is 16.6. The molecule has 0 unspecified atom stereocenters. The van der Waals surface area contributed by atoms with Gasteiger partial charge in [0.05, 0.1) is 12.6 Å². The first-order chi connectivity index (χ1) is 12.7. The van der Waals surface area contributed by atoms with E-state index in [0.717, 1.165) is 26.4 Å². The molecule has 26 heavy (non-hydrogen) atoms. The molecule has 0 aromatic heterocycles. The molecular formula is C20H15BrN2O3. The Morgan fingerprint density at radius 3 is 2.77 bits per heavy atom. The van der Waals surface area contributed by atoms with Gasteiger partial charge in [0.1, 0.15) is 0 Å². The van der Waals surface area contributed by atoms with Crippen molar-refractivity contribution in [1.82, 2.24) is 5.43 Å². The van der Waals surface area contributed by atoms with E-state index in [1.165, 1.54) is 0 Å². The van der Waals surface area contributed by atoms with Crippen LogP contribution in [0, 0.1) is 0 Å². The Balaban J connectivity index is 1.44. The molecule has 0 saturated heterocycles. The van der Waals surface area contributed by atoms with E-state index < -0.39 is 0 Å². The summed E-state index contributed by atoms with van der Waals surface area (Å²) in [6.07, 6.45) is 1.84. The van der Waals surface area contributed by atoms with Crippen molar-refractivity contribution in [1.29, 1.82) is 0 Å². The van der Waals surface area contributed by atoms with Crippen molar-refractivity contribution >= 4 is 38.8 Å². The fourth-order valence-corrected chi connectivity index (χ4v) is 3.34. The summed E-state index contributed by atoms with van der Waals surface area (Å²) in [5, 5.41) is 6.17. The molecule has 0 spiro atoms. The SMILES string of the molecule is O=C(Cc1ccc(Br)c2ccccc12)N/N=C\c1ccc2c(c1)OCO2. The lowest BCUT2D eigenvalue weighted by Gasteiger charge is -2.07. The minimum Gasteiger partial charge on any atom is -0.454 e. The smallest absolute Gasteiger partial charge is 0.244 e. The molecule has 1 N–H and O–H groups in total. The number of hydrogen-bond donors (Lipinski definition) is 1. The molecule has 3 aromatic rings. The third-order valence-corrected chi connectivity index (χ3v) is 4.80. The number of amides is 1. The highest BCUT2D eigenvalue weighted by atomic mass is 79.9. The van der Waals surface area contributed by atoms with Gasteiger partial charge < -0.3 is 9.47 Å². The van der Waals surface area contributed by atoms with Crippen LogP contribution in [0.15, 0.2) is 64.2 Å². The molecule has 1 aliphatic rings. The predicted octanol–water partition coefficient (Wildman–Crippen LogP) is 4.02. The lowest BCUT2D eigenvalue weighted by Crippen LogP contribution is -2.19. The van der Waals surface area contributed by atoms with E-state index in [4.69, 9.17) is 9.47 Å². The Morgan fingerprint density at radius 1 is 1.08 bits per heavy atom. The summed E-state index contributed by atoms with van der Waals surface area (Å²) in [6, 6.07) is 17.4. The zero-order valence-corrected chi connectivity index (χ0v) is 15.3. The van der Waals surface area contributed by atoms with Crippen LogP contribution in [0.2, 0.25) is 0 Å². The quantitative estimate of drug-likeness (QED) is 0.521. The summed E-state index contributed by atoms with van der Waals surface area (Å²) < 4.78 is 11.6. The Bertz CT molecular complexity index is 1020. The molecule has 6 heteroatoms. The zero-order chi connectivity index (χ0) is 17.9. The molecular weight excluding hydrogens is 396 g/mol. The standard InChI is InChI=1S/C20H15BrN2O3/c21-17-7-6-14(15-3-1-2-4-16(15)17)10-20(24)23-22-11-13-5-8-18-19(9-13)26-12-25-18/h1-9,11H,10,12H2,(H,23,24)/b22-11-. The van der Waals surface area contributed by atoms with Crippen molar-refractivity contribution in [2.45, 2.75) is 6.42 Å². The highest BCUT2D eigenvalue weighted by molar-refractivity contribution is 9.10. The van der Waals surface area contributed by atoms with Crippen LogP contribution >= 0.6 is 15.9 Å². The molecule has 0 radical (unpaired) electrons. The van der Waals surface area contributed by atoms with Gasteiger partial charge in [0, 0.05) is 4.47 Å². The number of carbonyl (C=O) groups excluding carboxylic acids is 1. The summed E-state index contributed by atoms with van der Waals surface area (Å²) in [5.74, 6) is 1.23. The zero-order valence-electron chi connectivity index (χ0n) is 13.7. The molecule has 130 valence electrons. The van der Waals surface area contributed by atoms with Crippen LogP contribution in [-0.2, 0) is 11.2 Å². The van der Waals surface area contributed by atoms with Gasteiger partial charge >= 0.3 is 0 Å². The van der Waals surface area contributed by atoms with Crippen molar-refractivity contribution < 1.29 is 14.3 Å². The number of benzene rings is 3. The van der Waals surface area contributed by atoms with Gasteiger partial charge in [-0.25, -0.2) is 5.43 Å². The average molecular weight is 411 g/mol. The monoisotopic (exact) mass is 410 g/mol. The van der Waals surface area contributed by atoms with E-state index in [0.29, 0.717) is 11.5 Å². The van der Waals surface area contributed by atoms with Gasteiger partial charge in [0.15, 0.2) is 11.5 Å². The highest BCUT2D eigenvalue weighted by Crippen LogP contribution is 2.32. The lowest BCUT2D eigenvalue weighted by atomic mass is 10.0. The largest absolute Gasteiger partial charge is 0.454 e. The number of hydrazone groups is 1. The van der Waals surface area contributed by atoms with E-state index in [2.05, 4.69) is 26.5 Å². The van der Waals surface area contributed by atoms with Crippen molar-refractivity contribution in [3.8, 4) is 11.5 Å². The number of carbonyl (C=O) groups is 1. The van der Waals surface area contributed by atoms with Crippen molar-refractivity contribution in [2.75, 3.05) is 6.79 Å². The van der Waals surface area contributed by atoms with Crippen molar-refractivity contribution in [3.05, 3.63) is 70.2 Å². The van der Waals surface area contributed by atoms with Crippen LogP contribution in [0.5, 0.6) is 11.5 Å². The molecule has 4 rings (SSSR count). The molecule has 1 aliphatic heterocycles. The Labute approximate surface area is 158 Å². The minimum atomic E-state index is -0.172. The van der Waals surface area contributed by atoms with Gasteiger partial charge in [-0.05, 0) is 46.2 Å². The number of halogens is 1. The van der Waals surface area contributed by atoms with Crippen LogP contribution in [0.25, 0.3) is 10.8 Å². The minimum absolute atomic E-state index is 0.172. The van der Waals surface area contributed by atoms with Crippen molar-refractivity contribution in [3.63, 3.8) is 0 Å². The molecule has 0 aliphatic carbocycles. The molecule has 0 atom stereocenters. The third kappa shape index (κ3) is 3.41. The predicted molar refractivity (Wildman–Crippen MR) is 104 cm³/mol. The van der Waals surface area contributed by atoms with Gasteiger partial charge in [-0.2, -0.15) is 5.10 Å². The van der Waals surface area contributed by atoms with Crippen LogP contribution in [-0.4, -0.2) is 18.9 Å². The second-order valence-corrected chi connectivity index (χ2v) is 6.69. The first-order valence-corrected chi connectivity index (χ1v) is 8.88. The van der Waals surface area contributed by atoms with Gasteiger partial charge in [0.25, 0.3) is 0 Å². The molecule has 0 bridgehead atoms. The van der Waals surface area contributed by atoms with Crippen molar-refractivity contribution in [2.24, 2.45) is 5.10 Å². The van der Waals surface area contributed by atoms with E-state index in [1.54, 1.807) is 6.21 Å². The fraction of sp³-hybridized carbons (Fsp3) is 0.100. The number of hydrogen-bond acceptors (Lipinski definition) is 4. The Kier molecular flexibility index (Phi) is 4.58. The number of fused-ring (bicyclic) bond motifs is 2. The van der Waals surface area contributed by atoms with E-state index in [-0.39, 0.29) is 19.1 Å². The Hall–Kier alpha value is -2.86. The molecule has 3 aromatic carbocycles. The first-order valence-electron chi connectivity index (χ1n) is 8.08. The number of nitrogens with zero attached hydrogens (tertiary/aromatic N) is 1. The second kappa shape index (κ2) is 7.17. The average Bonchev–Trinajstić information content (AvgIpc) is 3.12. The second-order valence-electron chi connectivity index (χ2n) is 5.83. The molecule has 1 heterocycles. The summed E-state index contributed by atoms with van der Waals surface area (Å²) in [6.45, 7) is 0.230. The fourth-order valence-electron chi connectivity index (χ4n) is 2.86. The van der Waals surface area contributed by atoms with Crippen LogP contribution in [0.3, 0.4) is 0 Å².